The summed E-state index contributed by atoms with van der Waals surface area (Å²) in [5.41, 5.74) is 3.25. The van der Waals surface area contributed by atoms with Gasteiger partial charge in [-0.1, -0.05) is 248 Å². The molecule has 0 N–H and O–H groups in total. The minimum Gasteiger partial charge on any atom is -0.315 e. The zero-order valence-electron chi connectivity index (χ0n) is 43.2. The smallest absolute Gasteiger partial charge is 0.254 e. The van der Waals surface area contributed by atoms with Crippen molar-refractivity contribution in [2.24, 2.45) is 0 Å². The molecule has 0 aromatic heterocycles. The Morgan fingerprint density at radius 1 is 0.455 bits per heavy atom. The molecule has 5 aromatic rings. The summed E-state index contributed by atoms with van der Waals surface area (Å²) in [6.07, 6.45) is 1.10. The second-order valence-corrected chi connectivity index (χ2v) is 47.8. The fourth-order valence-corrected chi connectivity index (χ4v) is 16.2. The van der Waals surface area contributed by atoms with Crippen LogP contribution in [0.25, 0.3) is 0 Å². The van der Waals surface area contributed by atoms with Gasteiger partial charge in [0.05, 0.1) is 6.26 Å². The minimum absolute atomic E-state index is 0.0594. The van der Waals surface area contributed by atoms with Gasteiger partial charge in [-0.2, -0.15) is 33.2 Å². The van der Waals surface area contributed by atoms with Gasteiger partial charge in [0.25, 0.3) is 10.1 Å². The molecule has 0 aliphatic heterocycles. The quantitative estimate of drug-likeness (QED) is 0.0606. The maximum Gasteiger partial charge on any atom is 0.254 e. The van der Waals surface area contributed by atoms with Gasteiger partial charge in [0.1, 0.15) is 4.87 Å². The van der Waals surface area contributed by atoms with Crippen molar-refractivity contribution < 1.29 is 12.3 Å². The molecule has 0 aliphatic carbocycles. The maximum atomic E-state index is 10.9. The van der Waals surface area contributed by atoms with Crippen molar-refractivity contribution >= 4 is 95.8 Å². The molecule has 5 rings (SSSR count). The van der Waals surface area contributed by atoms with Gasteiger partial charge in [0.2, 0.25) is 15.7 Å². The fourth-order valence-electron chi connectivity index (χ4n) is 6.13. The normalized spacial score (nSPS) is 12.7. The molecular weight excluding hydrogens is 983 g/mol. The van der Waals surface area contributed by atoms with Crippen LogP contribution >= 0.6 is 44.8 Å². The maximum absolute atomic E-state index is 10.9. The van der Waals surface area contributed by atoms with Crippen LogP contribution in [-0.2, 0) is 18.9 Å². The summed E-state index contributed by atoms with van der Waals surface area (Å²) in [5.74, 6) is 0. The van der Waals surface area contributed by atoms with E-state index in [1.54, 1.807) is 0 Å². The number of hydrogen-bond donors (Lipinski definition) is 0. The van der Waals surface area contributed by atoms with Crippen molar-refractivity contribution in [2.45, 2.75) is 147 Å². The predicted molar refractivity (Wildman–Crippen MR) is 308 cm³/mol. The van der Waals surface area contributed by atoms with Crippen LogP contribution in [0.3, 0.4) is 0 Å². The van der Waals surface area contributed by atoms with E-state index in [-0.39, 0.29) is 10.1 Å². The van der Waals surface area contributed by atoms with Crippen molar-refractivity contribution in [2.75, 3.05) is 6.26 Å². The van der Waals surface area contributed by atoms with Gasteiger partial charge in [-0.15, -0.1) is 11.6 Å². The van der Waals surface area contributed by atoms with Crippen molar-refractivity contribution in [1.29, 1.82) is 0 Å². The summed E-state index contributed by atoms with van der Waals surface area (Å²) >= 11 is 26.7. The SMILES string of the molecule is CC(C)(C)[Si](C)(C)Cl.CC(C)(C)[Si](C)(C)OS(C)(=O)=O.CC(C)(C)[Si](Cl)(c1ccccc1)c1ccccc1.CC[Si](Cl)(CC)CC.ClC(c1ccccc1)(c1ccccc1)c1ccccc1. The highest BCUT2D eigenvalue weighted by Crippen LogP contribution is 2.43. The van der Waals surface area contributed by atoms with Crippen LogP contribution < -0.4 is 10.4 Å². The van der Waals surface area contributed by atoms with Crippen molar-refractivity contribution in [3.63, 3.8) is 0 Å². The number of benzene rings is 5. The lowest BCUT2D eigenvalue weighted by Crippen LogP contribution is -2.59. The van der Waals surface area contributed by atoms with Crippen molar-refractivity contribution in [1.82, 2.24) is 0 Å². The van der Waals surface area contributed by atoms with E-state index in [0.29, 0.717) is 5.04 Å². The Morgan fingerprint density at radius 3 is 0.848 bits per heavy atom. The molecule has 0 saturated carbocycles. The Hall–Kier alpha value is -1.96. The number of hydrogen-bond acceptors (Lipinski definition) is 3. The molecule has 0 aliphatic rings. The molecule has 0 amide bonds. The molecule has 12 heteroatoms. The second-order valence-electron chi connectivity index (χ2n) is 20.9. The second kappa shape index (κ2) is 26.3. The van der Waals surface area contributed by atoms with Gasteiger partial charge in [-0.25, -0.2) is 8.42 Å². The summed E-state index contributed by atoms with van der Waals surface area (Å²) in [6, 6.07) is 55.4. The number of rotatable bonds is 10. The van der Waals surface area contributed by atoms with Crippen LogP contribution in [-0.4, -0.2) is 45.1 Å². The van der Waals surface area contributed by atoms with E-state index in [4.69, 9.17) is 48.7 Å². The van der Waals surface area contributed by atoms with Crippen molar-refractivity contribution in [3.05, 3.63) is 168 Å². The summed E-state index contributed by atoms with van der Waals surface area (Å²) in [4.78, 5) is -0.649. The average molecular weight is 1070 g/mol. The Labute approximate surface area is 426 Å². The highest BCUT2D eigenvalue weighted by atomic mass is 35.6. The number of alkyl halides is 1. The summed E-state index contributed by atoms with van der Waals surface area (Å²) in [5, 5.41) is 2.91. The first kappa shape index (κ1) is 62.1. The molecule has 5 aromatic carbocycles. The van der Waals surface area contributed by atoms with Gasteiger partial charge < -0.3 is 3.87 Å². The largest absolute Gasteiger partial charge is 0.315 e. The van der Waals surface area contributed by atoms with Crippen LogP contribution in [0.15, 0.2) is 152 Å². The van der Waals surface area contributed by atoms with E-state index in [0.717, 1.165) is 22.9 Å². The van der Waals surface area contributed by atoms with E-state index in [1.165, 1.54) is 28.5 Å². The summed E-state index contributed by atoms with van der Waals surface area (Å²) in [6.45, 7) is 34.1. The molecule has 0 spiro atoms. The first-order valence-electron chi connectivity index (χ1n) is 23.1. The fraction of sp³-hybridized carbons (Fsp3) is 0.444. The molecule has 0 fully saturated rings. The third kappa shape index (κ3) is 19.1. The lowest BCUT2D eigenvalue weighted by Gasteiger charge is -2.38. The van der Waals surface area contributed by atoms with Crippen LogP contribution in [0.5, 0.6) is 0 Å². The monoisotopic (exact) mass is 1060 g/mol. The molecular formula is C54H82Cl4O3SSi4. The Balaban J connectivity index is 0.000000435. The Morgan fingerprint density at radius 2 is 0.697 bits per heavy atom. The van der Waals surface area contributed by atoms with Gasteiger partial charge in [0.15, 0.2) is 14.8 Å². The zero-order valence-corrected chi connectivity index (χ0v) is 51.0. The highest BCUT2D eigenvalue weighted by molar-refractivity contribution is 7.87. The molecule has 3 nitrogen and oxygen atoms in total. The third-order valence-corrected chi connectivity index (χ3v) is 38.7. The van der Waals surface area contributed by atoms with E-state index in [1.807, 2.05) is 101 Å². The number of halogens is 4. The Kier molecular flexibility index (Phi) is 24.7. The molecule has 66 heavy (non-hydrogen) atoms. The first-order chi connectivity index (χ1) is 30.2. The molecule has 0 unspecified atom stereocenters. The van der Waals surface area contributed by atoms with Crippen LogP contribution in [0.2, 0.25) is 59.4 Å². The van der Waals surface area contributed by atoms with Gasteiger partial charge in [-0.05, 0) is 73.4 Å². The predicted octanol–water partition coefficient (Wildman–Crippen LogP) is 17.4. The summed E-state index contributed by atoms with van der Waals surface area (Å²) in [7, 11) is -10.2. The van der Waals surface area contributed by atoms with Crippen LogP contribution in [0.4, 0.5) is 0 Å². The molecule has 0 saturated heterocycles. The molecule has 366 valence electrons. The molecule has 0 atom stereocenters. The van der Waals surface area contributed by atoms with E-state index >= 15 is 0 Å². The van der Waals surface area contributed by atoms with Gasteiger partial charge >= 0.3 is 0 Å². The average Bonchev–Trinajstić information content (AvgIpc) is 3.25. The molecule has 0 heterocycles. The topological polar surface area (TPSA) is 43.4 Å². The van der Waals surface area contributed by atoms with Crippen molar-refractivity contribution in [3.8, 4) is 0 Å². The van der Waals surface area contributed by atoms with Gasteiger partial charge in [0, 0.05) is 0 Å². The third-order valence-electron chi connectivity index (χ3n) is 12.7. The van der Waals surface area contributed by atoms with Crippen LogP contribution in [0.1, 0.15) is 99.8 Å². The zero-order chi connectivity index (χ0) is 50.9. The molecule has 0 radical (unpaired) electrons. The minimum atomic E-state index is -3.30. The lowest BCUT2D eigenvalue weighted by molar-refractivity contribution is 0.462. The lowest BCUT2D eigenvalue weighted by atomic mass is 9.84. The highest BCUT2D eigenvalue weighted by Gasteiger charge is 2.46. The standard InChI is InChI=1S/C19H15Cl.C16H19ClSi.C7H18O3SSi.2C6H15ClSi/c20-19(16-10-4-1-5-11-16,17-12-6-2-7-13-17)18-14-8-3-9-15-18;1-16(2,3)18(17,14-10-6-4-7-11-14)15-12-8-5-9-13-15;1-7(2,3)12(5,6)10-11(4,8)9;1-6(2,3)8(4,5)7;1-4-8(7,5-2)6-3/h1-15H;4-13H,1-3H3;1-6H3;1-5H3;4-6H2,1-3H3. The van der Waals surface area contributed by atoms with Crippen LogP contribution in [0, 0.1) is 0 Å². The van der Waals surface area contributed by atoms with Gasteiger partial charge in [-0.3, -0.25) is 0 Å². The summed E-state index contributed by atoms with van der Waals surface area (Å²) < 4.78 is 26.9. The van der Waals surface area contributed by atoms with E-state index in [2.05, 4.69) is 160 Å². The first-order valence-corrected chi connectivity index (χ1v) is 38.9. The van der Waals surface area contributed by atoms with E-state index < -0.39 is 45.5 Å². The van der Waals surface area contributed by atoms with E-state index in [9.17, 15) is 8.42 Å². The Bertz CT molecular complexity index is 2050. The molecule has 0 bridgehead atoms.